The zero-order chi connectivity index (χ0) is 17.0. The van der Waals surface area contributed by atoms with E-state index in [1.165, 1.54) is 0 Å². The fourth-order valence-corrected chi connectivity index (χ4v) is 3.54. The quantitative estimate of drug-likeness (QED) is 0.744. The lowest BCUT2D eigenvalue weighted by molar-refractivity contribution is 0.578. The molecule has 0 saturated carbocycles. The van der Waals surface area contributed by atoms with E-state index >= 15 is 0 Å². The summed E-state index contributed by atoms with van der Waals surface area (Å²) in [6.45, 7) is 0.161. The first-order valence-electron chi connectivity index (χ1n) is 7.48. The van der Waals surface area contributed by atoms with Crippen molar-refractivity contribution in [3.63, 3.8) is 0 Å². The smallest absolute Gasteiger partial charge is 0.216 e. The summed E-state index contributed by atoms with van der Waals surface area (Å²) >= 11 is 0. The molecule has 1 aromatic carbocycles. The van der Waals surface area contributed by atoms with Gasteiger partial charge in [0.05, 0.1) is 23.7 Å². The highest BCUT2D eigenvalue weighted by Crippen LogP contribution is 2.18. The van der Waals surface area contributed by atoms with Crippen LogP contribution in [0.4, 0.5) is 0 Å². The largest absolute Gasteiger partial charge is 0.268 e. The molecule has 2 heterocycles. The molecule has 24 heavy (non-hydrogen) atoms. The summed E-state index contributed by atoms with van der Waals surface area (Å²) in [5.41, 5.74) is 3.32. The fourth-order valence-electron chi connectivity index (χ4n) is 2.43. The van der Waals surface area contributed by atoms with Crippen molar-refractivity contribution in [2.24, 2.45) is 7.05 Å². The number of aryl methyl sites for hydroxylation is 1. The molecule has 0 saturated heterocycles. The highest BCUT2D eigenvalue weighted by molar-refractivity contribution is 7.88. The van der Waals surface area contributed by atoms with E-state index in [0.717, 1.165) is 16.8 Å². The molecule has 0 aliphatic heterocycles. The van der Waals surface area contributed by atoms with Gasteiger partial charge in [0.1, 0.15) is 0 Å². The van der Waals surface area contributed by atoms with Crippen molar-refractivity contribution >= 4 is 10.0 Å². The van der Waals surface area contributed by atoms with Crippen LogP contribution < -0.4 is 4.72 Å². The minimum absolute atomic E-state index is 0.0438. The molecule has 3 rings (SSSR count). The van der Waals surface area contributed by atoms with Gasteiger partial charge in [0, 0.05) is 25.0 Å². The highest BCUT2D eigenvalue weighted by atomic mass is 32.2. The van der Waals surface area contributed by atoms with E-state index in [1.54, 1.807) is 29.2 Å². The SMILES string of the molecule is Cn1nc(CNS(=O)(=O)Cc2ccccc2)cc1-c1ccncc1. The lowest BCUT2D eigenvalue weighted by atomic mass is 10.2. The first kappa shape index (κ1) is 16.4. The molecule has 0 amide bonds. The lowest BCUT2D eigenvalue weighted by Crippen LogP contribution is -2.25. The Kier molecular flexibility index (Phi) is 4.73. The average molecular weight is 342 g/mol. The summed E-state index contributed by atoms with van der Waals surface area (Å²) in [5.74, 6) is -0.0438. The van der Waals surface area contributed by atoms with Gasteiger partial charge >= 0.3 is 0 Å². The summed E-state index contributed by atoms with van der Waals surface area (Å²) in [6.07, 6.45) is 3.43. The van der Waals surface area contributed by atoms with E-state index in [9.17, 15) is 8.42 Å². The van der Waals surface area contributed by atoms with Crippen LogP contribution in [0, 0.1) is 0 Å². The minimum Gasteiger partial charge on any atom is -0.268 e. The third-order valence-electron chi connectivity index (χ3n) is 3.58. The first-order chi connectivity index (χ1) is 11.5. The van der Waals surface area contributed by atoms with Crippen LogP contribution >= 0.6 is 0 Å². The van der Waals surface area contributed by atoms with Crippen LogP contribution in [0.15, 0.2) is 60.9 Å². The number of rotatable bonds is 6. The third-order valence-corrected chi connectivity index (χ3v) is 4.88. The van der Waals surface area contributed by atoms with Gasteiger partial charge in [0.2, 0.25) is 10.0 Å². The lowest BCUT2D eigenvalue weighted by Gasteiger charge is -2.05. The van der Waals surface area contributed by atoms with Crippen LogP contribution in [0.5, 0.6) is 0 Å². The molecule has 0 bridgehead atoms. The molecule has 0 fully saturated rings. The monoisotopic (exact) mass is 342 g/mol. The van der Waals surface area contributed by atoms with E-state index < -0.39 is 10.0 Å². The first-order valence-corrected chi connectivity index (χ1v) is 9.13. The zero-order valence-electron chi connectivity index (χ0n) is 13.3. The molecule has 3 aromatic rings. The van der Waals surface area contributed by atoms with Crippen LogP contribution in [0.3, 0.4) is 0 Å². The summed E-state index contributed by atoms with van der Waals surface area (Å²) < 4.78 is 28.7. The Morgan fingerprint density at radius 2 is 1.79 bits per heavy atom. The molecule has 0 unspecified atom stereocenters. The summed E-state index contributed by atoms with van der Waals surface area (Å²) in [7, 11) is -1.58. The standard InChI is InChI=1S/C17H18N4O2S/c1-21-17(15-7-9-18-10-8-15)11-16(20-21)12-19-24(22,23)13-14-5-3-2-4-6-14/h2-11,19H,12-13H2,1H3. The molecule has 2 aromatic heterocycles. The topological polar surface area (TPSA) is 76.9 Å². The van der Waals surface area contributed by atoms with E-state index in [4.69, 9.17) is 0 Å². The number of nitrogens with one attached hydrogen (secondary N) is 1. The van der Waals surface area contributed by atoms with Crippen LogP contribution in [0.2, 0.25) is 0 Å². The number of benzene rings is 1. The molecule has 0 aliphatic rings. The molecule has 124 valence electrons. The maximum Gasteiger partial charge on any atom is 0.216 e. The summed E-state index contributed by atoms with van der Waals surface area (Å²) in [5, 5.41) is 4.37. The second-order valence-electron chi connectivity index (χ2n) is 5.45. The maximum atomic E-state index is 12.2. The van der Waals surface area contributed by atoms with Crippen molar-refractivity contribution in [2.75, 3.05) is 0 Å². The second-order valence-corrected chi connectivity index (χ2v) is 7.25. The molecule has 7 heteroatoms. The highest BCUT2D eigenvalue weighted by Gasteiger charge is 2.13. The van der Waals surface area contributed by atoms with Crippen molar-refractivity contribution in [1.29, 1.82) is 0 Å². The van der Waals surface area contributed by atoms with Gasteiger partial charge in [0.25, 0.3) is 0 Å². The van der Waals surface area contributed by atoms with Gasteiger partial charge in [-0.2, -0.15) is 5.10 Å². The van der Waals surface area contributed by atoms with Gasteiger partial charge in [-0.05, 0) is 23.8 Å². The van der Waals surface area contributed by atoms with Gasteiger partial charge in [-0.25, -0.2) is 13.1 Å². The Morgan fingerprint density at radius 3 is 2.50 bits per heavy atom. The van der Waals surface area contributed by atoms with Crippen molar-refractivity contribution in [1.82, 2.24) is 19.5 Å². The Bertz CT molecular complexity index is 906. The number of sulfonamides is 1. The number of pyridine rings is 1. The van der Waals surface area contributed by atoms with Crippen LogP contribution in [0.25, 0.3) is 11.3 Å². The predicted octanol–water partition coefficient (Wildman–Crippen LogP) is 2.10. The van der Waals surface area contributed by atoms with Crippen molar-refractivity contribution < 1.29 is 8.42 Å². The van der Waals surface area contributed by atoms with Crippen LogP contribution in [-0.2, 0) is 29.4 Å². The van der Waals surface area contributed by atoms with Crippen molar-refractivity contribution in [3.8, 4) is 11.3 Å². The number of hydrogen-bond acceptors (Lipinski definition) is 4. The van der Waals surface area contributed by atoms with E-state index in [2.05, 4.69) is 14.8 Å². The third kappa shape index (κ3) is 4.06. The second kappa shape index (κ2) is 6.94. The minimum atomic E-state index is -3.41. The van der Waals surface area contributed by atoms with Crippen molar-refractivity contribution in [3.05, 3.63) is 72.2 Å². The van der Waals surface area contributed by atoms with Gasteiger partial charge in [-0.15, -0.1) is 0 Å². The molecule has 1 N–H and O–H groups in total. The summed E-state index contributed by atoms with van der Waals surface area (Å²) in [4.78, 5) is 3.99. The molecule has 0 aliphatic carbocycles. The molecular weight excluding hydrogens is 324 g/mol. The molecule has 6 nitrogen and oxygen atoms in total. The van der Waals surface area contributed by atoms with Crippen LogP contribution in [0.1, 0.15) is 11.3 Å². The summed E-state index contributed by atoms with van der Waals surface area (Å²) in [6, 6.07) is 14.7. The normalized spacial score (nSPS) is 11.5. The van der Waals surface area contributed by atoms with Gasteiger partial charge < -0.3 is 0 Å². The average Bonchev–Trinajstić information content (AvgIpc) is 2.95. The van der Waals surface area contributed by atoms with Gasteiger partial charge in [-0.1, -0.05) is 30.3 Å². The van der Waals surface area contributed by atoms with Crippen molar-refractivity contribution in [2.45, 2.75) is 12.3 Å². The van der Waals surface area contributed by atoms with E-state index in [1.807, 2.05) is 43.4 Å². The van der Waals surface area contributed by atoms with Gasteiger partial charge in [-0.3, -0.25) is 9.67 Å². The molecule has 0 radical (unpaired) electrons. The number of hydrogen-bond donors (Lipinski definition) is 1. The molecular formula is C17H18N4O2S. The molecule has 0 atom stereocenters. The van der Waals surface area contributed by atoms with Crippen LogP contribution in [-0.4, -0.2) is 23.2 Å². The zero-order valence-corrected chi connectivity index (χ0v) is 14.1. The van der Waals surface area contributed by atoms with E-state index in [0.29, 0.717) is 5.69 Å². The Balaban J connectivity index is 1.69. The number of nitrogens with zero attached hydrogens (tertiary/aromatic N) is 3. The van der Waals surface area contributed by atoms with E-state index in [-0.39, 0.29) is 12.3 Å². The number of aromatic nitrogens is 3. The Morgan fingerprint density at radius 1 is 1.08 bits per heavy atom. The molecule has 0 spiro atoms. The Labute approximate surface area is 141 Å². The van der Waals surface area contributed by atoms with Gasteiger partial charge in [0.15, 0.2) is 0 Å². The fraction of sp³-hybridized carbons (Fsp3) is 0.176. The maximum absolute atomic E-state index is 12.2. The predicted molar refractivity (Wildman–Crippen MR) is 92.3 cm³/mol. The Hall–Kier alpha value is -2.51.